The SMILES string of the molecule is C=CC(=O)OCCOCCC[Si](OCC)(OCC)OCC. The van der Waals surface area contributed by atoms with Crippen molar-refractivity contribution in [3.05, 3.63) is 12.7 Å². The van der Waals surface area contributed by atoms with Crippen molar-refractivity contribution >= 4 is 14.8 Å². The van der Waals surface area contributed by atoms with E-state index in [0.29, 0.717) is 33.0 Å². The summed E-state index contributed by atoms with van der Waals surface area (Å²) in [6, 6.07) is 0.717. The van der Waals surface area contributed by atoms with Gasteiger partial charge in [-0.3, -0.25) is 0 Å². The third kappa shape index (κ3) is 9.75. The van der Waals surface area contributed by atoms with Crippen LogP contribution in [0.1, 0.15) is 27.2 Å². The van der Waals surface area contributed by atoms with E-state index >= 15 is 0 Å². The van der Waals surface area contributed by atoms with Gasteiger partial charge in [0.1, 0.15) is 6.61 Å². The Balaban J connectivity index is 3.91. The maximum Gasteiger partial charge on any atom is 0.501 e. The summed E-state index contributed by atoms with van der Waals surface area (Å²) in [6.45, 7) is 12.0. The van der Waals surface area contributed by atoms with Crippen LogP contribution in [0.5, 0.6) is 0 Å². The first-order valence-electron chi connectivity index (χ1n) is 7.42. The molecule has 21 heavy (non-hydrogen) atoms. The fourth-order valence-corrected chi connectivity index (χ4v) is 4.33. The van der Waals surface area contributed by atoms with Crippen molar-refractivity contribution in [1.29, 1.82) is 0 Å². The Hall–Kier alpha value is -0.733. The van der Waals surface area contributed by atoms with Gasteiger partial charge in [0.2, 0.25) is 0 Å². The van der Waals surface area contributed by atoms with Crippen molar-refractivity contribution in [2.45, 2.75) is 33.2 Å². The van der Waals surface area contributed by atoms with Gasteiger partial charge in [-0.15, -0.1) is 0 Å². The molecule has 124 valence electrons. The van der Waals surface area contributed by atoms with Crippen LogP contribution in [0.4, 0.5) is 0 Å². The molecule has 0 aromatic rings. The van der Waals surface area contributed by atoms with Crippen LogP contribution in [0.25, 0.3) is 0 Å². The molecule has 0 spiro atoms. The predicted molar refractivity (Wildman–Crippen MR) is 82.0 cm³/mol. The molecule has 0 unspecified atom stereocenters. The van der Waals surface area contributed by atoms with E-state index in [1.807, 2.05) is 20.8 Å². The van der Waals surface area contributed by atoms with E-state index in [1.54, 1.807) is 0 Å². The van der Waals surface area contributed by atoms with Gasteiger partial charge < -0.3 is 22.8 Å². The summed E-state index contributed by atoms with van der Waals surface area (Å²) in [5, 5.41) is 0. The Bertz CT molecular complexity index is 268. The number of esters is 1. The van der Waals surface area contributed by atoms with E-state index in [9.17, 15) is 4.79 Å². The van der Waals surface area contributed by atoms with E-state index in [4.69, 9.17) is 22.8 Å². The van der Waals surface area contributed by atoms with Gasteiger partial charge in [0.05, 0.1) is 6.61 Å². The smallest absolute Gasteiger partial charge is 0.460 e. The summed E-state index contributed by atoms with van der Waals surface area (Å²) in [5.41, 5.74) is 0. The molecule has 0 bridgehead atoms. The lowest BCUT2D eigenvalue weighted by Crippen LogP contribution is -2.46. The maximum absolute atomic E-state index is 10.8. The Kier molecular flexibility index (Phi) is 12.5. The molecule has 0 aromatic carbocycles. The first kappa shape index (κ1) is 20.3. The van der Waals surface area contributed by atoms with Gasteiger partial charge >= 0.3 is 14.8 Å². The molecule has 0 saturated heterocycles. The molecule has 0 radical (unpaired) electrons. The Morgan fingerprint density at radius 3 is 2.05 bits per heavy atom. The minimum Gasteiger partial charge on any atom is -0.460 e. The highest BCUT2D eigenvalue weighted by Gasteiger charge is 2.39. The molecule has 0 rings (SSSR count). The van der Waals surface area contributed by atoms with Crippen LogP contribution in [0, 0.1) is 0 Å². The first-order valence-corrected chi connectivity index (χ1v) is 9.36. The van der Waals surface area contributed by atoms with Gasteiger partial charge in [-0.2, -0.15) is 0 Å². The standard InChI is InChI=1S/C14H28O6Si/c1-5-14(15)17-12-11-16-10-9-13-21(18-6-2,19-7-3)20-8-4/h5H,1,6-13H2,2-4H3. The largest absolute Gasteiger partial charge is 0.501 e. The second-order valence-corrected chi connectivity index (χ2v) is 6.80. The van der Waals surface area contributed by atoms with Crippen molar-refractivity contribution < 1.29 is 27.5 Å². The summed E-state index contributed by atoms with van der Waals surface area (Å²) in [5.74, 6) is -0.436. The molecule has 0 amide bonds. The Morgan fingerprint density at radius 1 is 1.00 bits per heavy atom. The Morgan fingerprint density at radius 2 is 1.57 bits per heavy atom. The van der Waals surface area contributed by atoms with E-state index in [1.165, 1.54) is 0 Å². The fourth-order valence-electron chi connectivity index (χ4n) is 1.75. The summed E-state index contributed by atoms with van der Waals surface area (Å²) in [4.78, 5) is 10.8. The van der Waals surface area contributed by atoms with E-state index in [-0.39, 0.29) is 6.61 Å². The molecule has 0 fully saturated rings. The minimum absolute atomic E-state index is 0.232. The first-order chi connectivity index (χ1) is 10.1. The van der Waals surface area contributed by atoms with Gasteiger partial charge in [0.15, 0.2) is 0 Å². The van der Waals surface area contributed by atoms with Crippen LogP contribution in [-0.2, 0) is 27.5 Å². The molecule has 0 aliphatic carbocycles. The molecule has 6 nitrogen and oxygen atoms in total. The molecule has 7 heteroatoms. The summed E-state index contributed by atoms with van der Waals surface area (Å²) in [7, 11) is -2.57. The molecular weight excluding hydrogens is 292 g/mol. The van der Waals surface area contributed by atoms with E-state index in [2.05, 4.69) is 6.58 Å². The quantitative estimate of drug-likeness (QED) is 0.211. The second kappa shape index (κ2) is 13.0. The molecule has 0 aliphatic rings. The topological polar surface area (TPSA) is 63.2 Å². The zero-order chi connectivity index (χ0) is 16.0. The molecular formula is C14H28O6Si. The average Bonchev–Trinajstić information content (AvgIpc) is 2.46. The van der Waals surface area contributed by atoms with Crippen LogP contribution in [0.3, 0.4) is 0 Å². The van der Waals surface area contributed by atoms with Crippen LogP contribution >= 0.6 is 0 Å². The van der Waals surface area contributed by atoms with Gasteiger partial charge in [-0.05, 0) is 27.2 Å². The fraction of sp³-hybridized carbons (Fsp3) is 0.786. The zero-order valence-corrected chi connectivity index (χ0v) is 14.4. The lowest BCUT2D eigenvalue weighted by Gasteiger charge is -2.28. The second-order valence-electron chi connectivity index (χ2n) is 4.07. The lowest BCUT2D eigenvalue weighted by atomic mass is 10.5. The minimum atomic E-state index is -2.57. The number of ether oxygens (including phenoxy) is 2. The van der Waals surface area contributed by atoms with Crippen LogP contribution in [-0.4, -0.2) is 54.4 Å². The molecule has 0 N–H and O–H groups in total. The molecule has 0 atom stereocenters. The molecule has 0 aromatic heterocycles. The summed E-state index contributed by atoms with van der Waals surface area (Å²) in [6.07, 6.45) is 1.91. The summed E-state index contributed by atoms with van der Waals surface area (Å²) < 4.78 is 27.4. The summed E-state index contributed by atoms with van der Waals surface area (Å²) >= 11 is 0. The zero-order valence-electron chi connectivity index (χ0n) is 13.4. The average molecular weight is 320 g/mol. The van der Waals surface area contributed by atoms with Gasteiger partial charge in [0.25, 0.3) is 0 Å². The van der Waals surface area contributed by atoms with Crippen LogP contribution in [0.2, 0.25) is 6.04 Å². The number of rotatable bonds is 14. The third-order valence-corrected chi connectivity index (χ3v) is 5.65. The number of hydrogen-bond donors (Lipinski definition) is 0. The van der Waals surface area contributed by atoms with Gasteiger partial charge in [-0.1, -0.05) is 6.58 Å². The van der Waals surface area contributed by atoms with Crippen molar-refractivity contribution in [2.75, 3.05) is 39.6 Å². The molecule has 0 heterocycles. The molecule has 0 aliphatic heterocycles. The van der Waals surface area contributed by atoms with Crippen molar-refractivity contribution in [3.8, 4) is 0 Å². The lowest BCUT2D eigenvalue weighted by molar-refractivity contribution is -0.139. The Labute approximate surface area is 128 Å². The third-order valence-electron chi connectivity index (χ3n) is 2.50. The normalized spacial score (nSPS) is 11.4. The van der Waals surface area contributed by atoms with Crippen LogP contribution in [0.15, 0.2) is 12.7 Å². The highest BCUT2D eigenvalue weighted by molar-refractivity contribution is 6.60. The maximum atomic E-state index is 10.8. The van der Waals surface area contributed by atoms with Crippen LogP contribution < -0.4 is 0 Å². The van der Waals surface area contributed by atoms with E-state index in [0.717, 1.165) is 18.5 Å². The highest BCUT2D eigenvalue weighted by atomic mass is 28.4. The van der Waals surface area contributed by atoms with Crippen molar-refractivity contribution in [2.24, 2.45) is 0 Å². The highest BCUT2D eigenvalue weighted by Crippen LogP contribution is 2.18. The molecule has 0 saturated carbocycles. The predicted octanol–water partition coefficient (Wildman–Crippen LogP) is 2.17. The monoisotopic (exact) mass is 320 g/mol. The van der Waals surface area contributed by atoms with Crippen molar-refractivity contribution in [3.63, 3.8) is 0 Å². The number of carbonyl (C=O) groups excluding carboxylic acids is 1. The van der Waals surface area contributed by atoms with E-state index < -0.39 is 14.8 Å². The van der Waals surface area contributed by atoms with Gasteiger partial charge in [-0.25, -0.2) is 4.79 Å². The number of carbonyl (C=O) groups is 1. The van der Waals surface area contributed by atoms with Gasteiger partial charge in [0, 0.05) is 38.5 Å². The number of hydrogen-bond acceptors (Lipinski definition) is 6. The van der Waals surface area contributed by atoms with Crippen molar-refractivity contribution in [1.82, 2.24) is 0 Å².